The predicted molar refractivity (Wildman–Crippen MR) is 193 cm³/mol. The molecular formula is C35H35Cl2F3N6O3S2. The fourth-order valence-electron chi connectivity index (χ4n) is 6.03. The molecule has 0 saturated carbocycles. The summed E-state index contributed by atoms with van der Waals surface area (Å²) in [6, 6.07) is 13.0. The van der Waals surface area contributed by atoms with Crippen molar-refractivity contribution in [2.24, 2.45) is 0 Å². The van der Waals surface area contributed by atoms with Crippen LogP contribution in [0, 0.1) is 11.8 Å². The van der Waals surface area contributed by atoms with Gasteiger partial charge in [-0.3, -0.25) is 10.2 Å². The fraction of sp³-hybridized carbons (Fsp3) is 0.371. The molecule has 270 valence electrons. The largest absolute Gasteiger partial charge is 0.416 e. The van der Waals surface area contributed by atoms with Gasteiger partial charge >= 0.3 is 6.18 Å². The second-order valence-corrected chi connectivity index (χ2v) is 16.0. The first-order chi connectivity index (χ1) is 24.4. The molecule has 6 rings (SSSR count). The highest BCUT2D eigenvalue weighted by molar-refractivity contribution is 7.87. The number of hydrazine groups is 1. The second-order valence-electron chi connectivity index (χ2n) is 12.3. The van der Waals surface area contributed by atoms with Crippen molar-refractivity contribution >= 4 is 50.7 Å². The molecule has 0 aliphatic carbocycles. The molecule has 4 heterocycles. The van der Waals surface area contributed by atoms with E-state index in [-0.39, 0.29) is 17.3 Å². The van der Waals surface area contributed by atoms with Crippen LogP contribution in [0.1, 0.15) is 77.0 Å². The van der Waals surface area contributed by atoms with Gasteiger partial charge in [0.1, 0.15) is 0 Å². The Morgan fingerprint density at radius 2 is 1.55 bits per heavy atom. The molecule has 2 aliphatic heterocycles. The third-order valence-corrected chi connectivity index (χ3v) is 11.8. The minimum Gasteiger partial charge on any atom is -0.283 e. The zero-order valence-electron chi connectivity index (χ0n) is 27.4. The van der Waals surface area contributed by atoms with Gasteiger partial charge in [0.05, 0.1) is 31.7 Å². The van der Waals surface area contributed by atoms with Crippen LogP contribution < -0.4 is 10.1 Å². The van der Waals surface area contributed by atoms with Gasteiger partial charge in [-0.05, 0) is 80.3 Å². The molecule has 2 fully saturated rings. The van der Waals surface area contributed by atoms with Crippen molar-refractivity contribution in [2.45, 2.75) is 57.7 Å². The standard InChI is InChI=1S/C35H35Cl2F3N6O3S2/c36-26-13-16-30(29(37)22-26)46-33(31-17-15-27(50-31)14-10-24-8-11-25(12-9-24)35(38,39)40)28(23-41-51(48,49)45-20-6-1-2-7-21-45)32(42-46)34(47)43-44-18-4-3-5-19-44/h8-9,11-13,15-17,22,41H,1-7,18-21,23H2,(H,43,47). The number of hydrogen-bond donors (Lipinski definition) is 2. The minimum atomic E-state index is -4.45. The molecule has 9 nitrogen and oxygen atoms in total. The minimum absolute atomic E-state index is 0.0194. The highest BCUT2D eigenvalue weighted by atomic mass is 35.5. The third kappa shape index (κ3) is 9.15. The van der Waals surface area contributed by atoms with Gasteiger partial charge in [0.25, 0.3) is 16.1 Å². The van der Waals surface area contributed by atoms with Gasteiger partial charge in [0.15, 0.2) is 5.69 Å². The zero-order valence-corrected chi connectivity index (χ0v) is 30.5. The number of halogens is 5. The number of alkyl halides is 3. The van der Waals surface area contributed by atoms with Crippen LogP contribution in [0.15, 0.2) is 54.6 Å². The molecule has 0 radical (unpaired) electrons. The van der Waals surface area contributed by atoms with Gasteiger partial charge in [0, 0.05) is 48.9 Å². The Morgan fingerprint density at radius 3 is 2.22 bits per heavy atom. The van der Waals surface area contributed by atoms with E-state index in [0.717, 1.165) is 57.1 Å². The van der Waals surface area contributed by atoms with E-state index in [1.54, 1.807) is 30.3 Å². The number of benzene rings is 2. The number of carbonyl (C=O) groups is 1. The Bertz CT molecular complexity index is 2040. The summed E-state index contributed by atoms with van der Waals surface area (Å²) in [6.07, 6.45) is 1.88. The van der Waals surface area contributed by atoms with Crippen molar-refractivity contribution in [2.75, 3.05) is 26.2 Å². The van der Waals surface area contributed by atoms with E-state index < -0.39 is 27.9 Å². The lowest BCUT2D eigenvalue weighted by atomic mass is 10.1. The Labute approximate surface area is 308 Å². The molecule has 51 heavy (non-hydrogen) atoms. The topological polar surface area (TPSA) is 99.6 Å². The van der Waals surface area contributed by atoms with Crippen LogP contribution in [0.5, 0.6) is 0 Å². The Kier molecular flexibility index (Phi) is 11.8. The van der Waals surface area contributed by atoms with Crippen molar-refractivity contribution in [1.29, 1.82) is 0 Å². The van der Waals surface area contributed by atoms with Crippen molar-refractivity contribution in [1.82, 2.24) is 29.2 Å². The first-order valence-electron chi connectivity index (χ1n) is 16.6. The number of nitrogens with one attached hydrogen (secondary N) is 2. The highest BCUT2D eigenvalue weighted by Gasteiger charge is 2.31. The summed E-state index contributed by atoms with van der Waals surface area (Å²) >= 11 is 14.2. The predicted octanol–water partition coefficient (Wildman–Crippen LogP) is 7.67. The molecule has 16 heteroatoms. The SMILES string of the molecule is O=C(NN1CCCCC1)c1nn(-c2ccc(Cl)cc2Cl)c(-c2ccc(C#Cc3ccc(C(F)(F)F)cc3)s2)c1CNS(=O)(=O)N1CCCCCC1. The van der Waals surface area contributed by atoms with Crippen LogP contribution in [0.4, 0.5) is 13.2 Å². The Balaban J connectivity index is 1.42. The van der Waals surface area contributed by atoms with Gasteiger partial charge in [-0.25, -0.2) is 9.69 Å². The summed E-state index contributed by atoms with van der Waals surface area (Å²) < 4.78 is 72.0. The summed E-state index contributed by atoms with van der Waals surface area (Å²) in [7, 11) is -3.92. The zero-order chi connectivity index (χ0) is 36.2. The second kappa shape index (κ2) is 16.1. The molecular weight excluding hydrogens is 744 g/mol. The smallest absolute Gasteiger partial charge is 0.283 e. The molecule has 0 unspecified atom stereocenters. The van der Waals surface area contributed by atoms with Gasteiger partial charge in [-0.15, -0.1) is 11.3 Å². The van der Waals surface area contributed by atoms with E-state index in [1.807, 2.05) is 5.01 Å². The lowest BCUT2D eigenvalue weighted by Gasteiger charge is -2.26. The maximum Gasteiger partial charge on any atom is 0.416 e. The van der Waals surface area contributed by atoms with E-state index in [0.29, 0.717) is 63.5 Å². The molecule has 4 aromatic rings. The summed E-state index contributed by atoms with van der Waals surface area (Å²) in [5, 5.41) is 7.24. The first kappa shape index (κ1) is 37.3. The molecule has 0 bridgehead atoms. The van der Waals surface area contributed by atoms with Crippen molar-refractivity contribution in [3.8, 4) is 28.1 Å². The number of carbonyl (C=O) groups excluding carboxylic acids is 1. The van der Waals surface area contributed by atoms with Crippen LogP contribution in [-0.2, 0) is 22.9 Å². The maximum atomic E-state index is 14.0. The van der Waals surface area contributed by atoms with Crippen LogP contribution in [0.2, 0.25) is 10.0 Å². The summed E-state index contributed by atoms with van der Waals surface area (Å²) in [5.74, 6) is 5.41. The molecule has 2 aromatic heterocycles. The fourth-order valence-corrected chi connectivity index (χ4v) is 8.68. The monoisotopic (exact) mass is 778 g/mol. The number of amides is 1. The molecule has 2 aliphatic rings. The van der Waals surface area contributed by atoms with Crippen LogP contribution in [0.25, 0.3) is 16.3 Å². The molecule has 0 atom stereocenters. The van der Waals surface area contributed by atoms with E-state index in [2.05, 4.69) is 22.0 Å². The van der Waals surface area contributed by atoms with Gasteiger partial charge in [0.2, 0.25) is 0 Å². The van der Waals surface area contributed by atoms with Crippen LogP contribution >= 0.6 is 34.5 Å². The summed E-state index contributed by atoms with van der Waals surface area (Å²) in [5.41, 5.74) is 3.78. The van der Waals surface area contributed by atoms with Gasteiger partial charge < -0.3 is 0 Å². The number of hydrogen-bond acceptors (Lipinski definition) is 6. The first-order valence-corrected chi connectivity index (χ1v) is 19.6. The average Bonchev–Trinajstić information content (AvgIpc) is 3.61. The van der Waals surface area contributed by atoms with Gasteiger partial charge in [-0.1, -0.05) is 54.3 Å². The number of thiophene rings is 1. The number of nitrogens with zero attached hydrogens (tertiary/aromatic N) is 4. The van der Waals surface area contributed by atoms with E-state index in [1.165, 1.54) is 32.5 Å². The normalized spacial score (nSPS) is 16.3. The Morgan fingerprint density at radius 1 is 0.882 bits per heavy atom. The van der Waals surface area contributed by atoms with Crippen molar-refractivity contribution in [3.63, 3.8) is 0 Å². The molecule has 2 N–H and O–H groups in total. The number of aromatic nitrogens is 2. The number of piperidine rings is 1. The highest BCUT2D eigenvalue weighted by Crippen LogP contribution is 2.37. The lowest BCUT2D eigenvalue weighted by Crippen LogP contribution is -2.45. The van der Waals surface area contributed by atoms with E-state index in [9.17, 15) is 26.4 Å². The van der Waals surface area contributed by atoms with E-state index >= 15 is 0 Å². The molecule has 2 saturated heterocycles. The molecule has 1 amide bonds. The number of rotatable bonds is 8. The summed E-state index contributed by atoms with van der Waals surface area (Å²) in [6.45, 7) is 1.90. The van der Waals surface area contributed by atoms with Crippen molar-refractivity contribution < 1.29 is 26.4 Å². The maximum absolute atomic E-state index is 14.0. The van der Waals surface area contributed by atoms with E-state index in [4.69, 9.17) is 28.3 Å². The van der Waals surface area contributed by atoms with Crippen molar-refractivity contribution in [3.05, 3.63) is 91.9 Å². The third-order valence-electron chi connectivity index (χ3n) is 8.67. The van der Waals surface area contributed by atoms with Crippen LogP contribution in [-0.4, -0.2) is 59.6 Å². The lowest BCUT2D eigenvalue weighted by molar-refractivity contribution is -0.137. The Hall–Kier alpha value is -3.42. The van der Waals surface area contributed by atoms with Gasteiger partial charge in [-0.2, -0.15) is 35.7 Å². The summed E-state index contributed by atoms with van der Waals surface area (Å²) in [4.78, 5) is 15.1. The molecule has 2 aromatic carbocycles. The quantitative estimate of drug-likeness (QED) is 0.179. The average molecular weight is 780 g/mol. The molecule has 0 spiro atoms. The van der Waals surface area contributed by atoms with Crippen LogP contribution in [0.3, 0.4) is 0 Å².